The maximum atomic E-state index is 14.9. The number of carbonyl (C=O) groups excluding carboxylic acids is 1. The van der Waals surface area contributed by atoms with Gasteiger partial charge in [0.15, 0.2) is 5.88 Å². The normalized spacial score (nSPS) is 18.1. The molecule has 0 spiro atoms. The van der Waals surface area contributed by atoms with E-state index in [1.165, 1.54) is 12.1 Å². The molecule has 2 heterocycles. The van der Waals surface area contributed by atoms with Gasteiger partial charge in [-0.1, -0.05) is 48.0 Å². The van der Waals surface area contributed by atoms with Gasteiger partial charge in [0.05, 0.1) is 29.4 Å². The molecule has 0 fully saturated rings. The third kappa shape index (κ3) is 2.86. The standard InChI is InChI=1S/C21H16ClFN2O3/c1-2-27-21(26)16-15-14-12(23)9-6-10-13(14)25-19(22)17(15)20(24)28-18(16)11-7-4-3-5-8-11/h3-10,15H,2,24H2,1H3. The molecule has 5 nitrogen and oxygen atoms in total. The van der Waals surface area contributed by atoms with Crippen LogP contribution in [0.2, 0.25) is 0 Å². The first-order valence-electron chi connectivity index (χ1n) is 8.70. The first-order chi connectivity index (χ1) is 13.5. The van der Waals surface area contributed by atoms with Crippen molar-refractivity contribution in [2.24, 2.45) is 10.7 Å². The Balaban J connectivity index is 2.03. The molecule has 4 rings (SSSR count). The minimum atomic E-state index is -0.885. The molecule has 1 unspecified atom stereocenters. The molecule has 0 aromatic heterocycles. The number of nitrogens with zero attached hydrogens (tertiary/aromatic N) is 1. The average Bonchev–Trinajstić information content (AvgIpc) is 2.68. The van der Waals surface area contributed by atoms with Crippen LogP contribution >= 0.6 is 11.6 Å². The van der Waals surface area contributed by atoms with Crippen molar-refractivity contribution in [1.29, 1.82) is 0 Å². The number of rotatable bonds is 3. The van der Waals surface area contributed by atoms with E-state index in [2.05, 4.69) is 4.99 Å². The van der Waals surface area contributed by atoms with Crippen LogP contribution in [0.3, 0.4) is 0 Å². The van der Waals surface area contributed by atoms with E-state index in [-0.39, 0.29) is 40.1 Å². The summed E-state index contributed by atoms with van der Waals surface area (Å²) < 4.78 is 25.9. The lowest BCUT2D eigenvalue weighted by Crippen LogP contribution is -2.30. The summed E-state index contributed by atoms with van der Waals surface area (Å²) in [5.74, 6) is -1.84. The number of halogens is 2. The second-order valence-electron chi connectivity index (χ2n) is 6.22. The van der Waals surface area contributed by atoms with E-state index in [1.54, 1.807) is 37.3 Å². The molecule has 0 saturated heterocycles. The van der Waals surface area contributed by atoms with Gasteiger partial charge >= 0.3 is 5.97 Å². The molecule has 28 heavy (non-hydrogen) atoms. The highest BCUT2D eigenvalue weighted by molar-refractivity contribution is 6.70. The molecule has 142 valence electrons. The fraction of sp³-hybridized carbons (Fsp3) is 0.143. The number of aliphatic imine (C=N–C) groups is 1. The summed E-state index contributed by atoms with van der Waals surface area (Å²) in [5.41, 5.74) is 7.69. The summed E-state index contributed by atoms with van der Waals surface area (Å²) in [6, 6.07) is 13.4. The Hall–Kier alpha value is -3.12. The molecule has 2 aromatic carbocycles. The molecule has 0 bridgehead atoms. The van der Waals surface area contributed by atoms with E-state index in [0.29, 0.717) is 11.3 Å². The Labute approximate surface area is 165 Å². The zero-order valence-electron chi connectivity index (χ0n) is 14.9. The predicted octanol–water partition coefficient (Wildman–Crippen LogP) is 4.37. The molecule has 1 atom stereocenters. The Kier molecular flexibility index (Phi) is 4.65. The summed E-state index contributed by atoms with van der Waals surface area (Å²) >= 11 is 6.34. The maximum Gasteiger partial charge on any atom is 0.338 e. The van der Waals surface area contributed by atoms with E-state index in [9.17, 15) is 9.18 Å². The number of ether oxygens (including phenoxy) is 2. The van der Waals surface area contributed by atoms with Gasteiger partial charge in [0.1, 0.15) is 16.7 Å². The average molecular weight is 399 g/mol. The van der Waals surface area contributed by atoms with Gasteiger partial charge in [-0.15, -0.1) is 0 Å². The third-order valence-electron chi connectivity index (χ3n) is 4.59. The molecule has 2 aliphatic rings. The quantitative estimate of drug-likeness (QED) is 0.779. The van der Waals surface area contributed by atoms with Gasteiger partial charge in [0, 0.05) is 11.1 Å². The summed E-state index contributed by atoms with van der Waals surface area (Å²) in [7, 11) is 0. The van der Waals surface area contributed by atoms with E-state index < -0.39 is 17.7 Å². The summed E-state index contributed by atoms with van der Waals surface area (Å²) in [6.07, 6.45) is 0. The molecule has 0 aliphatic carbocycles. The molecule has 0 radical (unpaired) electrons. The van der Waals surface area contributed by atoms with Crippen LogP contribution < -0.4 is 5.73 Å². The third-order valence-corrected chi connectivity index (χ3v) is 4.88. The van der Waals surface area contributed by atoms with Crippen molar-refractivity contribution in [3.63, 3.8) is 0 Å². The Bertz CT molecular complexity index is 1060. The topological polar surface area (TPSA) is 73.9 Å². The number of fused-ring (bicyclic) bond motifs is 3. The smallest absolute Gasteiger partial charge is 0.338 e. The highest BCUT2D eigenvalue weighted by atomic mass is 35.5. The van der Waals surface area contributed by atoms with Crippen LogP contribution in [0.25, 0.3) is 5.76 Å². The highest BCUT2D eigenvalue weighted by Gasteiger charge is 2.43. The van der Waals surface area contributed by atoms with E-state index in [4.69, 9.17) is 26.8 Å². The molecular weight excluding hydrogens is 383 g/mol. The van der Waals surface area contributed by atoms with Gasteiger partial charge in [0.25, 0.3) is 0 Å². The van der Waals surface area contributed by atoms with Crippen LogP contribution in [0, 0.1) is 5.82 Å². The van der Waals surface area contributed by atoms with Crippen LogP contribution in [0.15, 0.2) is 70.6 Å². The fourth-order valence-corrected chi connectivity index (χ4v) is 3.74. The van der Waals surface area contributed by atoms with Gasteiger partial charge in [-0.3, -0.25) is 0 Å². The van der Waals surface area contributed by atoms with E-state index in [0.717, 1.165) is 0 Å². The van der Waals surface area contributed by atoms with Gasteiger partial charge < -0.3 is 15.2 Å². The van der Waals surface area contributed by atoms with Crippen molar-refractivity contribution < 1.29 is 18.7 Å². The summed E-state index contributed by atoms with van der Waals surface area (Å²) in [6.45, 7) is 1.84. The zero-order chi connectivity index (χ0) is 19.8. The molecule has 0 amide bonds. The molecular formula is C21H16ClFN2O3. The highest BCUT2D eigenvalue weighted by Crippen LogP contribution is 2.50. The Morgan fingerprint density at radius 2 is 2.00 bits per heavy atom. The summed E-state index contributed by atoms with van der Waals surface area (Å²) in [5, 5.41) is 0.0505. The molecule has 2 N–H and O–H groups in total. The molecule has 2 aromatic rings. The Morgan fingerprint density at radius 1 is 1.25 bits per heavy atom. The van der Waals surface area contributed by atoms with Gasteiger partial charge in [-0.25, -0.2) is 14.2 Å². The van der Waals surface area contributed by atoms with Crippen molar-refractivity contribution >= 4 is 34.2 Å². The van der Waals surface area contributed by atoms with Crippen molar-refractivity contribution in [2.75, 3.05) is 6.61 Å². The van der Waals surface area contributed by atoms with E-state index in [1.807, 2.05) is 6.07 Å². The number of hydrogen-bond donors (Lipinski definition) is 1. The lowest BCUT2D eigenvalue weighted by molar-refractivity contribution is -0.138. The number of nitrogens with two attached hydrogens (primary N) is 1. The number of benzene rings is 2. The van der Waals surface area contributed by atoms with Crippen molar-refractivity contribution in [3.8, 4) is 0 Å². The minimum Gasteiger partial charge on any atom is -0.463 e. The Morgan fingerprint density at radius 3 is 2.71 bits per heavy atom. The van der Waals surface area contributed by atoms with Gasteiger partial charge in [0.2, 0.25) is 0 Å². The van der Waals surface area contributed by atoms with Crippen molar-refractivity contribution in [1.82, 2.24) is 0 Å². The lowest BCUT2D eigenvalue weighted by Gasteiger charge is -2.33. The van der Waals surface area contributed by atoms with Crippen molar-refractivity contribution in [3.05, 3.63) is 82.5 Å². The second-order valence-corrected chi connectivity index (χ2v) is 6.58. The lowest BCUT2D eigenvalue weighted by atomic mass is 9.79. The zero-order valence-corrected chi connectivity index (χ0v) is 15.7. The van der Waals surface area contributed by atoms with Gasteiger partial charge in [-0.05, 0) is 19.1 Å². The first kappa shape index (κ1) is 18.3. The van der Waals surface area contributed by atoms with Crippen LogP contribution in [0.4, 0.5) is 10.1 Å². The van der Waals surface area contributed by atoms with E-state index >= 15 is 0 Å². The van der Waals surface area contributed by atoms with Gasteiger partial charge in [-0.2, -0.15) is 0 Å². The predicted molar refractivity (Wildman–Crippen MR) is 104 cm³/mol. The number of carbonyl (C=O) groups is 1. The fourth-order valence-electron chi connectivity index (χ4n) is 3.45. The molecule has 7 heteroatoms. The number of esters is 1. The van der Waals surface area contributed by atoms with Crippen LogP contribution in [0.1, 0.15) is 24.0 Å². The second kappa shape index (κ2) is 7.13. The van der Waals surface area contributed by atoms with Crippen molar-refractivity contribution in [2.45, 2.75) is 12.8 Å². The monoisotopic (exact) mass is 398 g/mol. The molecule has 2 aliphatic heterocycles. The largest absolute Gasteiger partial charge is 0.463 e. The maximum absolute atomic E-state index is 14.9. The summed E-state index contributed by atoms with van der Waals surface area (Å²) in [4.78, 5) is 17.2. The SMILES string of the molecule is CCOC(=O)C1=C(c2ccccc2)OC(N)=C2C(Cl)=Nc3cccc(F)c3C21. The molecule has 0 saturated carbocycles. The number of allylic oxidation sites excluding steroid dienone is 1. The first-order valence-corrected chi connectivity index (χ1v) is 9.07. The van der Waals surface area contributed by atoms with Crippen LogP contribution in [0.5, 0.6) is 0 Å². The minimum absolute atomic E-state index is 0.0282. The number of hydrogen-bond acceptors (Lipinski definition) is 5. The van der Waals surface area contributed by atoms with Crippen LogP contribution in [-0.4, -0.2) is 17.7 Å². The van der Waals surface area contributed by atoms with Crippen LogP contribution in [-0.2, 0) is 14.3 Å².